The molecule has 1 aliphatic heterocycles. The van der Waals surface area contributed by atoms with E-state index in [2.05, 4.69) is 45.3 Å². The number of anilines is 3. The van der Waals surface area contributed by atoms with Gasteiger partial charge in [-0.15, -0.1) is 0 Å². The van der Waals surface area contributed by atoms with E-state index in [-0.39, 0.29) is 12.3 Å². The summed E-state index contributed by atoms with van der Waals surface area (Å²) in [5.74, 6) is 0.217. The molecule has 1 fully saturated rings. The third-order valence-corrected chi connectivity index (χ3v) is 5.79. The lowest BCUT2D eigenvalue weighted by atomic mass is 9.92. The topological polar surface area (TPSA) is 96.8 Å². The van der Waals surface area contributed by atoms with Crippen LogP contribution in [-0.2, 0) is 9.53 Å². The van der Waals surface area contributed by atoms with Crippen LogP contribution < -0.4 is 15.0 Å². The number of carboxylic acid groups (broad SMARTS) is 1. The minimum atomic E-state index is -0.788. The van der Waals surface area contributed by atoms with E-state index in [1.54, 1.807) is 19.5 Å². The number of nitrogens with one attached hydrogen (secondary N) is 1. The minimum Gasteiger partial charge on any atom is -0.481 e. The van der Waals surface area contributed by atoms with Crippen LogP contribution in [0.1, 0.15) is 51.0 Å². The SMILES string of the molecule is CC[C@H](CC(=O)O)c1ccc(N(CC)C2CCOCC2)c(Nc2cnc(OC)cn2)c1. The van der Waals surface area contributed by atoms with Gasteiger partial charge in [0.2, 0.25) is 5.88 Å². The lowest BCUT2D eigenvalue weighted by Crippen LogP contribution is -2.39. The van der Waals surface area contributed by atoms with Crippen molar-refractivity contribution in [1.82, 2.24) is 9.97 Å². The maximum atomic E-state index is 11.3. The van der Waals surface area contributed by atoms with Crippen LogP contribution in [0, 0.1) is 0 Å². The Kier molecular flexibility index (Phi) is 8.06. The van der Waals surface area contributed by atoms with Crippen molar-refractivity contribution in [2.45, 2.75) is 51.5 Å². The highest BCUT2D eigenvalue weighted by atomic mass is 16.5. The second-order valence-corrected chi connectivity index (χ2v) is 7.68. The third-order valence-electron chi connectivity index (χ3n) is 5.79. The normalized spacial score (nSPS) is 15.3. The Balaban J connectivity index is 1.97. The number of methoxy groups -OCH3 is 1. The van der Waals surface area contributed by atoms with Crippen LogP contribution in [0.2, 0.25) is 0 Å². The molecule has 1 aliphatic rings. The molecule has 2 heterocycles. The highest BCUT2D eigenvalue weighted by Gasteiger charge is 2.24. The standard InChI is InChI=1S/C23H32N4O4/c1-4-16(13-23(28)29)17-6-7-20(27(5-2)18-8-10-31-11-9-18)19(12-17)26-21-14-25-22(30-3)15-24-21/h6-7,12,14-16,18H,4-5,8-11,13H2,1-3H3,(H,24,26)(H,28,29)/t16-/m1/s1. The molecule has 1 aromatic heterocycles. The number of hydrogen-bond acceptors (Lipinski definition) is 7. The highest BCUT2D eigenvalue weighted by Crippen LogP contribution is 2.36. The maximum absolute atomic E-state index is 11.3. The monoisotopic (exact) mass is 428 g/mol. The summed E-state index contributed by atoms with van der Waals surface area (Å²) in [6, 6.07) is 6.60. The zero-order valence-electron chi connectivity index (χ0n) is 18.5. The molecule has 1 atom stereocenters. The molecular weight excluding hydrogens is 396 g/mol. The molecule has 0 radical (unpaired) electrons. The maximum Gasteiger partial charge on any atom is 0.303 e. The van der Waals surface area contributed by atoms with Crippen molar-refractivity contribution in [2.24, 2.45) is 0 Å². The molecule has 31 heavy (non-hydrogen) atoms. The van der Waals surface area contributed by atoms with E-state index in [1.165, 1.54) is 0 Å². The fraction of sp³-hybridized carbons (Fsp3) is 0.522. The number of carbonyl (C=O) groups is 1. The van der Waals surface area contributed by atoms with Crippen molar-refractivity contribution >= 4 is 23.2 Å². The number of benzene rings is 1. The average molecular weight is 429 g/mol. The Morgan fingerprint density at radius 2 is 2.06 bits per heavy atom. The van der Waals surface area contributed by atoms with E-state index in [9.17, 15) is 9.90 Å². The van der Waals surface area contributed by atoms with Gasteiger partial charge in [0.05, 0.1) is 37.3 Å². The Bertz CT molecular complexity index is 853. The largest absolute Gasteiger partial charge is 0.481 e. The van der Waals surface area contributed by atoms with Crippen LogP contribution in [0.3, 0.4) is 0 Å². The van der Waals surface area contributed by atoms with E-state index in [1.807, 2.05) is 6.92 Å². The summed E-state index contributed by atoms with van der Waals surface area (Å²) < 4.78 is 10.7. The Morgan fingerprint density at radius 1 is 1.29 bits per heavy atom. The predicted molar refractivity (Wildman–Crippen MR) is 120 cm³/mol. The second-order valence-electron chi connectivity index (χ2n) is 7.68. The van der Waals surface area contributed by atoms with Gasteiger partial charge in [-0.1, -0.05) is 13.0 Å². The highest BCUT2D eigenvalue weighted by molar-refractivity contribution is 5.76. The summed E-state index contributed by atoms with van der Waals surface area (Å²) in [5.41, 5.74) is 2.97. The zero-order chi connectivity index (χ0) is 22.2. The first kappa shape index (κ1) is 22.8. The molecule has 0 spiro atoms. The summed E-state index contributed by atoms with van der Waals surface area (Å²) in [4.78, 5) is 22.4. The molecular formula is C23H32N4O4. The molecule has 168 valence electrons. The van der Waals surface area contributed by atoms with E-state index >= 15 is 0 Å². The summed E-state index contributed by atoms with van der Waals surface area (Å²) in [6.07, 6.45) is 6.03. The van der Waals surface area contributed by atoms with Gasteiger partial charge in [0.1, 0.15) is 5.82 Å². The third kappa shape index (κ3) is 5.85. The molecule has 8 nitrogen and oxygen atoms in total. The first-order valence-electron chi connectivity index (χ1n) is 10.9. The van der Waals surface area contributed by atoms with E-state index in [4.69, 9.17) is 9.47 Å². The average Bonchev–Trinajstić information content (AvgIpc) is 2.80. The van der Waals surface area contributed by atoms with Gasteiger partial charge in [-0.2, -0.15) is 0 Å². The molecule has 0 unspecified atom stereocenters. The molecule has 1 aromatic carbocycles. The van der Waals surface area contributed by atoms with Crippen LogP contribution >= 0.6 is 0 Å². The minimum absolute atomic E-state index is 0.0489. The molecule has 2 N–H and O–H groups in total. The lowest BCUT2D eigenvalue weighted by molar-refractivity contribution is -0.137. The van der Waals surface area contributed by atoms with Crippen LogP contribution in [0.5, 0.6) is 5.88 Å². The predicted octanol–water partition coefficient (Wildman–Crippen LogP) is 4.20. The van der Waals surface area contributed by atoms with Gasteiger partial charge in [-0.05, 0) is 49.8 Å². The number of ether oxygens (including phenoxy) is 2. The van der Waals surface area contributed by atoms with Crippen molar-refractivity contribution in [3.05, 3.63) is 36.2 Å². The first-order chi connectivity index (χ1) is 15.0. The Labute approximate surface area is 183 Å². The quantitative estimate of drug-likeness (QED) is 0.581. The first-order valence-corrected chi connectivity index (χ1v) is 10.9. The number of carboxylic acids is 1. The molecule has 0 aliphatic carbocycles. The fourth-order valence-corrected chi connectivity index (χ4v) is 4.11. The smallest absolute Gasteiger partial charge is 0.303 e. The zero-order valence-corrected chi connectivity index (χ0v) is 18.5. The van der Waals surface area contributed by atoms with E-state index in [0.29, 0.717) is 17.7 Å². The van der Waals surface area contributed by atoms with E-state index < -0.39 is 5.97 Å². The van der Waals surface area contributed by atoms with Crippen LogP contribution in [0.4, 0.5) is 17.2 Å². The van der Waals surface area contributed by atoms with Gasteiger partial charge in [-0.3, -0.25) is 4.79 Å². The second kappa shape index (κ2) is 10.9. The molecule has 0 bridgehead atoms. The van der Waals surface area contributed by atoms with Gasteiger partial charge >= 0.3 is 5.97 Å². The van der Waals surface area contributed by atoms with Crippen molar-refractivity contribution in [3.63, 3.8) is 0 Å². The van der Waals surface area contributed by atoms with Crippen molar-refractivity contribution in [1.29, 1.82) is 0 Å². The number of nitrogens with zero attached hydrogens (tertiary/aromatic N) is 3. The van der Waals surface area contributed by atoms with Crippen LogP contribution in [-0.4, -0.2) is 54.0 Å². The van der Waals surface area contributed by atoms with Crippen molar-refractivity contribution in [3.8, 4) is 5.88 Å². The van der Waals surface area contributed by atoms with Gasteiger partial charge in [-0.25, -0.2) is 9.97 Å². The van der Waals surface area contributed by atoms with Crippen molar-refractivity contribution in [2.75, 3.05) is 37.1 Å². The number of aromatic nitrogens is 2. The molecule has 3 rings (SSSR count). The number of hydrogen-bond donors (Lipinski definition) is 2. The summed E-state index contributed by atoms with van der Waals surface area (Å²) >= 11 is 0. The van der Waals surface area contributed by atoms with Gasteiger partial charge in [0.25, 0.3) is 0 Å². The van der Waals surface area contributed by atoms with Crippen LogP contribution in [0.25, 0.3) is 0 Å². The Hall–Kier alpha value is -2.87. The number of aliphatic carboxylic acids is 1. The Morgan fingerprint density at radius 3 is 2.65 bits per heavy atom. The summed E-state index contributed by atoms with van der Waals surface area (Å²) in [7, 11) is 1.55. The fourth-order valence-electron chi connectivity index (χ4n) is 4.11. The molecule has 1 saturated heterocycles. The van der Waals surface area contributed by atoms with Crippen LogP contribution in [0.15, 0.2) is 30.6 Å². The van der Waals surface area contributed by atoms with Gasteiger partial charge in [0, 0.05) is 25.8 Å². The lowest BCUT2D eigenvalue weighted by Gasteiger charge is -2.36. The molecule has 0 amide bonds. The van der Waals surface area contributed by atoms with E-state index in [0.717, 1.165) is 56.0 Å². The van der Waals surface area contributed by atoms with Gasteiger partial charge < -0.3 is 24.8 Å². The summed E-state index contributed by atoms with van der Waals surface area (Å²) in [6.45, 7) is 6.56. The molecule has 0 saturated carbocycles. The molecule has 2 aromatic rings. The summed E-state index contributed by atoms with van der Waals surface area (Å²) in [5, 5.41) is 12.7. The number of rotatable bonds is 10. The van der Waals surface area contributed by atoms with Gasteiger partial charge in [0.15, 0.2) is 0 Å². The van der Waals surface area contributed by atoms with Crippen molar-refractivity contribution < 1.29 is 19.4 Å². The molecule has 8 heteroatoms.